The van der Waals surface area contributed by atoms with Crippen LogP contribution in [-0.4, -0.2) is 20.4 Å². The minimum Gasteiger partial charge on any atom is -0.315 e. The Hall–Kier alpha value is -1.28. The van der Waals surface area contributed by atoms with Crippen LogP contribution in [0.1, 0.15) is 20.9 Å². The third-order valence-electron chi connectivity index (χ3n) is 3.15. The Morgan fingerprint density at radius 3 is 2.71 bits per heavy atom. The molecule has 0 spiro atoms. The zero-order valence-corrected chi connectivity index (χ0v) is 13.9. The number of rotatable bonds is 6. The second-order valence-electron chi connectivity index (χ2n) is 4.79. The van der Waals surface area contributed by atoms with E-state index in [-0.39, 0.29) is 6.54 Å². The van der Waals surface area contributed by atoms with Crippen LogP contribution in [0.4, 0.5) is 0 Å². The minimum absolute atomic E-state index is 0.271. The Balaban J connectivity index is 2.17. The monoisotopic (exact) mass is 325 g/mol. The summed E-state index contributed by atoms with van der Waals surface area (Å²) >= 11 is 1.50. The Bertz CT molecular complexity index is 724. The molecular formula is C14H19N3O2S2. The van der Waals surface area contributed by atoms with Crippen LogP contribution in [0.15, 0.2) is 29.4 Å². The zero-order valence-electron chi connectivity index (χ0n) is 12.3. The van der Waals surface area contributed by atoms with E-state index < -0.39 is 10.0 Å². The van der Waals surface area contributed by atoms with Gasteiger partial charge in [-0.15, -0.1) is 11.3 Å². The smallest absolute Gasteiger partial charge is 0.241 e. The molecule has 0 aromatic carbocycles. The van der Waals surface area contributed by atoms with Gasteiger partial charge < -0.3 is 5.32 Å². The van der Waals surface area contributed by atoms with Gasteiger partial charge in [0.1, 0.15) is 0 Å². The van der Waals surface area contributed by atoms with Crippen molar-refractivity contribution in [2.45, 2.75) is 31.8 Å². The van der Waals surface area contributed by atoms with E-state index in [2.05, 4.69) is 15.0 Å². The van der Waals surface area contributed by atoms with Crippen LogP contribution < -0.4 is 10.0 Å². The summed E-state index contributed by atoms with van der Waals surface area (Å²) in [5, 5.41) is 3.03. The summed E-state index contributed by atoms with van der Waals surface area (Å²) in [5.74, 6) is 0. The Kier molecular flexibility index (Phi) is 5.10. The van der Waals surface area contributed by atoms with Crippen LogP contribution in [0, 0.1) is 13.8 Å². The minimum atomic E-state index is -3.49. The summed E-state index contributed by atoms with van der Waals surface area (Å²) in [6, 6.07) is 3.56. The first-order valence-corrected chi connectivity index (χ1v) is 8.87. The third-order valence-corrected chi connectivity index (χ3v) is 5.86. The molecule has 0 saturated heterocycles. The zero-order chi connectivity index (χ0) is 15.5. The Labute approximate surface area is 129 Å². The van der Waals surface area contributed by atoms with Crippen molar-refractivity contribution in [3.63, 3.8) is 0 Å². The van der Waals surface area contributed by atoms with Gasteiger partial charge >= 0.3 is 0 Å². The third kappa shape index (κ3) is 3.88. The fourth-order valence-electron chi connectivity index (χ4n) is 2.00. The van der Waals surface area contributed by atoms with Gasteiger partial charge in [0.05, 0.1) is 4.90 Å². The van der Waals surface area contributed by atoms with Crippen molar-refractivity contribution < 1.29 is 8.42 Å². The summed E-state index contributed by atoms with van der Waals surface area (Å²) in [6.45, 7) is 4.69. The first-order valence-electron chi connectivity index (χ1n) is 6.57. The van der Waals surface area contributed by atoms with Gasteiger partial charge in [-0.05, 0) is 44.2 Å². The van der Waals surface area contributed by atoms with Gasteiger partial charge in [-0.3, -0.25) is 4.98 Å². The molecule has 0 fully saturated rings. The van der Waals surface area contributed by atoms with E-state index >= 15 is 0 Å². The number of aryl methyl sites for hydroxylation is 2. The van der Waals surface area contributed by atoms with Crippen molar-refractivity contribution in [2.75, 3.05) is 7.05 Å². The lowest BCUT2D eigenvalue weighted by Gasteiger charge is -2.08. The van der Waals surface area contributed by atoms with Crippen LogP contribution in [0.3, 0.4) is 0 Å². The number of sulfonamides is 1. The first-order chi connectivity index (χ1) is 9.94. The number of hydrogen-bond donors (Lipinski definition) is 2. The van der Waals surface area contributed by atoms with Gasteiger partial charge in [0.2, 0.25) is 10.0 Å². The molecule has 0 unspecified atom stereocenters. The van der Waals surface area contributed by atoms with Crippen molar-refractivity contribution in [1.82, 2.24) is 15.0 Å². The molecule has 2 aromatic rings. The number of nitrogens with one attached hydrogen (secondary N) is 2. The first kappa shape index (κ1) is 16.1. The topological polar surface area (TPSA) is 71.1 Å². The van der Waals surface area contributed by atoms with Gasteiger partial charge in [0, 0.05) is 35.2 Å². The molecule has 0 saturated carbocycles. The van der Waals surface area contributed by atoms with E-state index in [1.165, 1.54) is 11.3 Å². The maximum absolute atomic E-state index is 12.4. The molecule has 0 aliphatic heterocycles. The summed E-state index contributed by atoms with van der Waals surface area (Å²) in [7, 11) is -1.65. The molecule has 21 heavy (non-hydrogen) atoms. The molecule has 2 rings (SSSR count). The predicted octanol–water partition coefficient (Wildman–Crippen LogP) is 1.96. The predicted molar refractivity (Wildman–Crippen MR) is 84.8 cm³/mol. The highest BCUT2D eigenvalue weighted by atomic mass is 32.2. The SMILES string of the molecule is CNCc1cc(S(=O)(=O)NCc2ccncc2C)c(C)s1. The molecule has 0 aliphatic carbocycles. The molecule has 0 aliphatic rings. The highest BCUT2D eigenvalue weighted by molar-refractivity contribution is 7.89. The van der Waals surface area contributed by atoms with Gasteiger partial charge in [-0.2, -0.15) is 0 Å². The van der Waals surface area contributed by atoms with Crippen molar-refractivity contribution in [3.05, 3.63) is 45.4 Å². The average molecular weight is 325 g/mol. The van der Waals surface area contributed by atoms with Gasteiger partial charge in [-0.25, -0.2) is 13.1 Å². The lowest BCUT2D eigenvalue weighted by Crippen LogP contribution is -2.23. The molecule has 2 heterocycles. The highest BCUT2D eigenvalue weighted by Crippen LogP contribution is 2.25. The normalized spacial score (nSPS) is 11.8. The fourth-order valence-corrected chi connectivity index (χ4v) is 4.66. The number of aromatic nitrogens is 1. The van der Waals surface area contributed by atoms with Crippen molar-refractivity contribution >= 4 is 21.4 Å². The number of hydrogen-bond acceptors (Lipinski definition) is 5. The summed E-state index contributed by atoms with van der Waals surface area (Å²) in [5.41, 5.74) is 1.90. The number of pyridine rings is 1. The quantitative estimate of drug-likeness (QED) is 0.852. The second-order valence-corrected chi connectivity index (χ2v) is 7.87. The van der Waals surface area contributed by atoms with Gasteiger partial charge in [0.15, 0.2) is 0 Å². The molecular weight excluding hydrogens is 306 g/mol. The molecule has 5 nitrogen and oxygen atoms in total. The lowest BCUT2D eigenvalue weighted by atomic mass is 10.2. The summed E-state index contributed by atoms with van der Waals surface area (Å²) in [4.78, 5) is 6.18. The van der Waals surface area contributed by atoms with E-state index in [9.17, 15) is 8.42 Å². The maximum atomic E-state index is 12.4. The van der Waals surface area contributed by atoms with Crippen LogP contribution >= 0.6 is 11.3 Å². The molecule has 0 atom stereocenters. The van der Waals surface area contributed by atoms with Crippen LogP contribution in [0.25, 0.3) is 0 Å². The van der Waals surface area contributed by atoms with Gasteiger partial charge in [-0.1, -0.05) is 0 Å². The molecule has 0 bridgehead atoms. The van der Waals surface area contributed by atoms with Crippen LogP contribution in [0.2, 0.25) is 0 Å². The molecule has 2 aromatic heterocycles. The molecule has 0 radical (unpaired) electrons. The van der Waals surface area contributed by atoms with Crippen molar-refractivity contribution in [2.24, 2.45) is 0 Å². The fraction of sp³-hybridized carbons (Fsp3) is 0.357. The van der Waals surface area contributed by atoms with E-state index in [1.54, 1.807) is 18.5 Å². The summed E-state index contributed by atoms with van der Waals surface area (Å²) < 4.78 is 27.5. The number of nitrogens with zero attached hydrogens (tertiary/aromatic N) is 1. The Morgan fingerprint density at radius 2 is 2.05 bits per heavy atom. The molecule has 114 valence electrons. The highest BCUT2D eigenvalue weighted by Gasteiger charge is 2.19. The molecule has 0 amide bonds. The second kappa shape index (κ2) is 6.65. The van der Waals surface area contributed by atoms with E-state index in [0.717, 1.165) is 20.9 Å². The number of thiophene rings is 1. The van der Waals surface area contributed by atoms with Crippen LogP contribution in [-0.2, 0) is 23.1 Å². The van der Waals surface area contributed by atoms with Crippen molar-refractivity contribution in [1.29, 1.82) is 0 Å². The standard InChI is InChI=1S/C14H19N3O2S2/c1-10-7-16-5-4-12(10)8-17-21(18,19)14-6-13(9-15-3)20-11(14)2/h4-7,15,17H,8-9H2,1-3H3. The van der Waals surface area contributed by atoms with Gasteiger partial charge in [0.25, 0.3) is 0 Å². The molecule has 7 heteroatoms. The maximum Gasteiger partial charge on any atom is 0.241 e. The van der Waals surface area contributed by atoms with E-state index in [4.69, 9.17) is 0 Å². The lowest BCUT2D eigenvalue weighted by molar-refractivity contribution is 0.581. The average Bonchev–Trinajstić information content (AvgIpc) is 2.80. The summed E-state index contributed by atoms with van der Waals surface area (Å²) in [6.07, 6.45) is 3.39. The van der Waals surface area contributed by atoms with Crippen molar-refractivity contribution in [3.8, 4) is 0 Å². The van der Waals surface area contributed by atoms with E-state index in [1.807, 2.05) is 27.0 Å². The largest absolute Gasteiger partial charge is 0.315 e. The Morgan fingerprint density at radius 1 is 1.29 bits per heavy atom. The molecule has 2 N–H and O–H groups in total. The van der Waals surface area contributed by atoms with Crippen LogP contribution in [0.5, 0.6) is 0 Å². The van der Waals surface area contributed by atoms with E-state index in [0.29, 0.717) is 11.4 Å².